The average Bonchev–Trinajstić information content (AvgIpc) is 2.92. The second kappa shape index (κ2) is 6.63. The van der Waals surface area contributed by atoms with Gasteiger partial charge in [0.25, 0.3) is 0 Å². The van der Waals surface area contributed by atoms with Crippen LogP contribution >= 0.6 is 0 Å². The van der Waals surface area contributed by atoms with Crippen LogP contribution in [0.5, 0.6) is 0 Å². The zero-order chi connectivity index (χ0) is 15.6. The molecule has 0 bridgehead atoms. The molecule has 1 aliphatic carbocycles. The van der Waals surface area contributed by atoms with Crippen molar-refractivity contribution in [2.45, 2.75) is 72.3 Å². The Hall–Kier alpha value is -1.32. The van der Waals surface area contributed by atoms with Crippen LogP contribution in [0.2, 0.25) is 0 Å². The van der Waals surface area contributed by atoms with Crippen molar-refractivity contribution in [1.82, 2.24) is 9.97 Å². The maximum absolute atomic E-state index is 6.15. The van der Waals surface area contributed by atoms with E-state index in [1.54, 1.807) is 0 Å². The number of hydrogen-bond donors (Lipinski definition) is 1. The number of nitrogens with two attached hydrogens (primary N) is 1. The van der Waals surface area contributed by atoms with Crippen LogP contribution in [-0.4, -0.2) is 22.6 Å². The third-order valence-electron chi connectivity index (χ3n) is 4.29. The van der Waals surface area contributed by atoms with E-state index in [4.69, 9.17) is 10.7 Å². The lowest BCUT2D eigenvalue weighted by Gasteiger charge is -2.33. The molecule has 4 nitrogen and oxygen atoms in total. The molecule has 1 aromatic heterocycles. The minimum atomic E-state index is 0.302. The monoisotopic (exact) mass is 290 g/mol. The highest BCUT2D eigenvalue weighted by atomic mass is 15.2. The molecular formula is C17H30N4. The molecule has 0 aromatic carbocycles. The predicted molar refractivity (Wildman–Crippen MR) is 89.7 cm³/mol. The van der Waals surface area contributed by atoms with E-state index in [1.165, 1.54) is 25.7 Å². The highest BCUT2D eigenvalue weighted by molar-refractivity contribution is 5.57. The fourth-order valence-corrected chi connectivity index (χ4v) is 3.09. The zero-order valence-corrected chi connectivity index (χ0v) is 14.2. The molecule has 4 heteroatoms. The first kappa shape index (κ1) is 16.1. The summed E-state index contributed by atoms with van der Waals surface area (Å²) >= 11 is 0. The smallest absolute Gasteiger partial charge is 0.137 e. The van der Waals surface area contributed by atoms with Crippen LogP contribution in [0.25, 0.3) is 0 Å². The summed E-state index contributed by atoms with van der Waals surface area (Å²) in [7, 11) is 0. The lowest BCUT2D eigenvalue weighted by Crippen LogP contribution is -2.38. The molecule has 1 fully saturated rings. The number of rotatable bonds is 5. The summed E-state index contributed by atoms with van der Waals surface area (Å²) in [4.78, 5) is 11.8. The fraction of sp³-hybridized carbons (Fsp3) is 0.765. The van der Waals surface area contributed by atoms with Gasteiger partial charge in [-0.1, -0.05) is 40.5 Å². The Kier molecular flexibility index (Phi) is 5.07. The number of aromatic nitrogens is 2. The number of hydrogen-bond acceptors (Lipinski definition) is 4. The van der Waals surface area contributed by atoms with Gasteiger partial charge in [-0.05, 0) is 25.7 Å². The minimum Gasteiger partial charge on any atom is -0.383 e. The first-order valence-corrected chi connectivity index (χ1v) is 8.30. The molecule has 1 heterocycles. The Bertz CT molecular complexity index is 476. The van der Waals surface area contributed by atoms with E-state index in [1.807, 2.05) is 0 Å². The molecule has 1 aliphatic rings. The van der Waals surface area contributed by atoms with Gasteiger partial charge < -0.3 is 10.6 Å². The largest absolute Gasteiger partial charge is 0.383 e. The molecule has 21 heavy (non-hydrogen) atoms. The van der Waals surface area contributed by atoms with Gasteiger partial charge in [-0.2, -0.15) is 0 Å². The molecule has 0 spiro atoms. The predicted octanol–water partition coefficient (Wildman–Crippen LogP) is 3.90. The van der Waals surface area contributed by atoms with Crippen LogP contribution in [0.1, 0.15) is 70.7 Å². The molecule has 1 aromatic rings. The summed E-state index contributed by atoms with van der Waals surface area (Å²) < 4.78 is 0. The summed E-state index contributed by atoms with van der Waals surface area (Å²) in [5, 5.41) is 0. The first-order chi connectivity index (χ1) is 9.90. The summed E-state index contributed by atoms with van der Waals surface area (Å²) in [5.41, 5.74) is 7.18. The maximum Gasteiger partial charge on any atom is 0.137 e. The molecule has 1 saturated carbocycles. The molecule has 0 saturated heterocycles. The molecule has 0 amide bonds. The summed E-state index contributed by atoms with van der Waals surface area (Å²) in [6, 6.07) is 0.611. The standard InChI is InChI=1S/C17H30N4/c1-11(2)10-21(14-8-6-7-9-14)17-13(5)15(18)19-16(20-17)12(3)4/h11-12,14H,6-10H2,1-5H3,(H2,18,19,20). The SMILES string of the molecule is Cc1c(N)nc(C(C)C)nc1N(CC(C)C)C1CCCC1. The van der Waals surface area contributed by atoms with Crippen LogP contribution in [0, 0.1) is 12.8 Å². The molecule has 0 aliphatic heterocycles. The normalized spacial score (nSPS) is 16.1. The van der Waals surface area contributed by atoms with Crippen LogP contribution in [-0.2, 0) is 0 Å². The quantitative estimate of drug-likeness (QED) is 0.893. The van der Waals surface area contributed by atoms with Gasteiger partial charge in [0.2, 0.25) is 0 Å². The van der Waals surface area contributed by atoms with Gasteiger partial charge in [-0.3, -0.25) is 0 Å². The lowest BCUT2D eigenvalue weighted by atomic mass is 10.1. The number of nitrogens with zero attached hydrogens (tertiary/aromatic N) is 3. The Labute approximate surface area is 129 Å². The summed E-state index contributed by atoms with van der Waals surface area (Å²) in [6.07, 6.45) is 5.20. The Morgan fingerprint density at radius 2 is 1.76 bits per heavy atom. The van der Waals surface area contributed by atoms with E-state index >= 15 is 0 Å². The summed E-state index contributed by atoms with van der Waals surface area (Å²) in [5.74, 6) is 3.47. The maximum atomic E-state index is 6.15. The van der Waals surface area contributed by atoms with Crippen molar-refractivity contribution in [2.75, 3.05) is 17.2 Å². The molecule has 0 atom stereocenters. The van der Waals surface area contributed by atoms with Crippen molar-refractivity contribution in [1.29, 1.82) is 0 Å². The van der Waals surface area contributed by atoms with Crippen molar-refractivity contribution in [3.8, 4) is 0 Å². The highest BCUT2D eigenvalue weighted by Crippen LogP contribution is 2.32. The third-order valence-corrected chi connectivity index (χ3v) is 4.29. The Morgan fingerprint density at radius 1 is 1.14 bits per heavy atom. The zero-order valence-electron chi connectivity index (χ0n) is 14.2. The van der Waals surface area contributed by atoms with E-state index in [9.17, 15) is 0 Å². The van der Waals surface area contributed by atoms with E-state index in [2.05, 4.69) is 44.5 Å². The van der Waals surface area contributed by atoms with Gasteiger partial charge in [-0.15, -0.1) is 0 Å². The van der Waals surface area contributed by atoms with Gasteiger partial charge in [0.05, 0.1) is 0 Å². The van der Waals surface area contributed by atoms with Crippen LogP contribution < -0.4 is 10.6 Å². The van der Waals surface area contributed by atoms with E-state index in [0.717, 1.165) is 23.8 Å². The highest BCUT2D eigenvalue weighted by Gasteiger charge is 2.27. The Balaban J connectivity index is 2.42. The topological polar surface area (TPSA) is 55.0 Å². The molecule has 2 N–H and O–H groups in total. The van der Waals surface area contributed by atoms with Gasteiger partial charge in [0.15, 0.2) is 0 Å². The third kappa shape index (κ3) is 3.66. The second-order valence-electron chi connectivity index (χ2n) is 7.05. The van der Waals surface area contributed by atoms with Crippen molar-refractivity contribution < 1.29 is 0 Å². The van der Waals surface area contributed by atoms with E-state index in [0.29, 0.717) is 23.7 Å². The number of nitrogen functional groups attached to an aromatic ring is 1. The molecule has 0 unspecified atom stereocenters. The lowest BCUT2D eigenvalue weighted by molar-refractivity contribution is 0.528. The van der Waals surface area contributed by atoms with Gasteiger partial charge >= 0.3 is 0 Å². The first-order valence-electron chi connectivity index (χ1n) is 8.30. The van der Waals surface area contributed by atoms with Crippen LogP contribution in [0.3, 0.4) is 0 Å². The van der Waals surface area contributed by atoms with Gasteiger partial charge in [-0.25, -0.2) is 9.97 Å². The minimum absolute atomic E-state index is 0.302. The Morgan fingerprint density at radius 3 is 2.29 bits per heavy atom. The van der Waals surface area contributed by atoms with Crippen molar-refractivity contribution in [3.05, 3.63) is 11.4 Å². The fourth-order valence-electron chi connectivity index (χ4n) is 3.09. The van der Waals surface area contributed by atoms with Crippen molar-refractivity contribution in [2.24, 2.45) is 5.92 Å². The molecule has 0 radical (unpaired) electrons. The molecule has 2 rings (SSSR count). The summed E-state index contributed by atoms with van der Waals surface area (Å²) in [6.45, 7) is 11.9. The van der Waals surface area contributed by atoms with Crippen LogP contribution in [0.15, 0.2) is 0 Å². The second-order valence-corrected chi connectivity index (χ2v) is 7.05. The number of anilines is 2. The average molecular weight is 290 g/mol. The van der Waals surface area contributed by atoms with Crippen molar-refractivity contribution >= 4 is 11.6 Å². The molecule has 118 valence electrons. The van der Waals surface area contributed by atoms with Gasteiger partial charge in [0.1, 0.15) is 17.5 Å². The van der Waals surface area contributed by atoms with E-state index < -0.39 is 0 Å². The van der Waals surface area contributed by atoms with Gasteiger partial charge in [0, 0.05) is 24.1 Å². The van der Waals surface area contributed by atoms with Crippen molar-refractivity contribution in [3.63, 3.8) is 0 Å². The van der Waals surface area contributed by atoms with Crippen LogP contribution in [0.4, 0.5) is 11.6 Å². The van der Waals surface area contributed by atoms with E-state index in [-0.39, 0.29) is 0 Å². The molecular weight excluding hydrogens is 260 g/mol.